The van der Waals surface area contributed by atoms with Gasteiger partial charge in [-0.25, -0.2) is 4.79 Å². The topological polar surface area (TPSA) is 63.6 Å². The van der Waals surface area contributed by atoms with Crippen molar-refractivity contribution < 1.29 is 19.4 Å². The summed E-state index contributed by atoms with van der Waals surface area (Å²) in [6, 6.07) is 0. The van der Waals surface area contributed by atoms with E-state index in [0.29, 0.717) is 12.0 Å². The van der Waals surface area contributed by atoms with Crippen LogP contribution in [0.3, 0.4) is 0 Å². The molecule has 0 fully saturated rings. The first-order valence-corrected chi connectivity index (χ1v) is 4.15. The fourth-order valence-electron chi connectivity index (χ4n) is 1.29. The number of carbonyl (C=O) groups is 2. The highest BCUT2D eigenvalue weighted by Gasteiger charge is 2.26. The van der Waals surface area contributed by atoms with E-state index in [1.165, 1.54) is 13.0 Å². The minimum Gasteiger partial charge on any atom is -0.454 e. The van der Waals surface area contributed by atoms with Crippen LogP contribution in [0.2, 0.25) is 0 Å². The molecule has 0 saturated carbocycles. The minimum atomic E-state index is -0.447. The van der Waals surface area contributed by atoms with E-state index in [1.807, 2.05) is 0 Å². The van der Waals surface area contributed by atoms with Gasteiger partial charge >= 0.3 is 5.97 Å². The smallest absolute Gasteiger partial charge is 0.331 e. The van der Waals surface area contributed by atoms with Gasteiger partial charge in [-0.1, -0.05) is 0 Å². The predicted octanol–water partition coefficient (Wildman–Crippen LogP) is 0.200. The van der Waals surface area contributed by atoms with Gasteiger partial charge in [0.25, 0.3) is 0 Å². The zero-order valence-corrected chi connectivity index (χ0v) is 7.45. The van der Waals surface area contributed by atoms with E-state index in [9.17, 15) is 9.59 Å². The molecule has 1 rings (SSSR count). The van der Waals surface area contributed by atoms with Gasteiger partial charge in [-0.05, 0) is 18.9 Å². The highest BCUT2D eigenvalue weighted by Crippen LogP contribution is 2.21. The Morgan fingerprint density at radius 3 is 2.92 bits per heavy atom. The Hall–Kier alpha value is -1.16. The maximum Gasteiger partial charge on any atom is 0.331 e. The van der Waals surface area contributed by atoms with Crippen molar-refractivity contribution in [3.63, 3.8) is 0 Å². The van der Waals surface area contributed by atoms with Gasteiger partial charge in [0.05, 0.1) is 0 Å². The molecule has 1 N–H and O–H groups in total. The molecule has 1 aliphatic rings. The van der Waals surface area contributed by atoms with Crippen LogP contribution < -0.4 is 0 Å². The maximum absolute atomic E-state index is 10.8. The molecular weight excluding hydrogens is 172 g/mol. The van der Waals surface area contributed by atoms with Crippen LogP contribution in [-0.4, -0.2) is 29.6 Å². The Labute approximate surface area is 76.2 Å². The molecule has 1 heterocycles. The first-order valence-electron chi connectivity index (χ1n) is 4.15. The SMILES string of the molecule is CC(=O)CC1OC(=O)C=C1CCO. The molecule has 4 nitrogen and oxygen atoms in total. The van der Waals surface area contributed by atoms with Gasteiger partial charge in [0, 0.05) is 19.1 Å². The van der Waals surface area contributed by atoms with E-state index in [1.54, 1.807) is 0 Å². The van der Waals surface area contributed by atoms with E-state index in [0.717, 1.165) is 0 Å². The summed E-state index contributed by atoms with van der Waals surface area (Å²) < 4.78 is 4.87. The first-order chi connectivity index (χ1) is 6.13. The fourth-order valence-corrected chi connectivity index (χ4v) is 1.29. The van der Waals surface area contributed by atoms with Gasteiger partial charge in [0.1, 0.15) is 11.9 Å². The summed E-state index contributed by atoms with van der Waals surface area (Å²) >= 11 is 0. The number of cyclic esters (lactones) is 1. The molecule has 0 bridgehead atoms. The molecule has 0 spiro atoms. The molecular formula is C9H12O4. The molecule has 0 aliphatic carbocycles. The van der Waals surface area contributed by atoms with Crippen LogP contribution in [0.4, 0.5) is 0 Å². The maximum atomic E-state index is 10.8. The highest BCUT2D eigenvalue weighted by atomic mass is 16.5. The number of hydrogen-bond acceptors (Lipinski definition) is 4. The van der Waals surface area contributed by atoms with Crippen molar-refractivity contribution in [3.8, 4) is 0 Å². The molecule has 72 valence electrons. The van der Waals surface area contributed by atoms with Crippen molar-refractivity contribution >= 4 is 11.8 Å². The van der Waals surface area contributed by atoms with Crippen molar-refractivity contribution in [2.45, 2.75) is 25.9 Å². The van der Waals surface area contributed by atoms with Crippen molar-refractivity contribution in [2.24, 2.45) is 0 Å². The number of ketones is 1. The van der Waals surface area contributed by atoms with Crippen molar-refractivity contribution in [1.29, 1.82) is 0 Å². The molecule has 13 heavy (non-hydrogen) atoms. The fraction of sp³-hybridized carbons (Fsp3) is 0.556. The molecule has 0 amide bonds. The number of hydrogen-bond donors (Lipinski definition) is 1. The van der Waals surface area contributed by atoms with E-state index >= 15 is 0 Å². The van der Waals surface area contributed by atoms with Gasteiger partial charge in [0.15, 0.2) is 0 Å². The second-order valence-electron chi connectivity index (χ2n) is 3.02. The number of esters is 1. The monoisotopic (exact) mass is 184 g/mol. The third-order valence-electron chi connectivity index (χ3n) is 1.85. The lowest BCUT2D eigenvalue weighted by atomic mass is 10.0. The number of rotatable bonds is 4. The highest BCUT2D eigenvalue weighted by molar-refractivity contribution is 5.87. The first kappa shape index (κ1) is 9.92. The lowest BCUT2D eigenvalue weighted by Gasteiger charge is -2.11. The Kier molecular flexibility index (Phi) is 3.19. The van der Waals surface area contributed by atoms with E-state index < -0.39 is 12.1 Å². The van der Waals surface area contributed by atoms with Crippen LogP contribution in [0.5, 0.6) is 0 Å². The van der Waals surface area contributed by atoms with Crippen LogP contribution >= 0.6 is 0 Å². The molecule has 0 aromatic heterocycles. The number of aliphatic hydroxyl groups is 1. The van der Waals surface area contributed by atoms with Crippen LogP contribution in [0.15, 0.2) is 11.6 Å². The van der Waals surface area contributed by atoms with Crippen molar-refractivity contribution in [1.82, 2.24) is 0 Å². The second-order valence-corrected chi connectivity index (χ2v) is 3.02. The van der Waals surface area contributed by atoms with Crippen LogP contribution in [0.25, 0.3) is 0 Å². The molecule has 1 aliphatic heterocycles. The number of aliphatic hydroxyl groups excluding tert-OH is 1. The van der Waals surface area contributed by atoms with Crippen molar-refractivity contribution in [2.75, 3.05) is 6.61 Å². The number of Topliss-reactive ketones (excluding diaryl/α,β-unsaturated/α-hetero) is 1. The molecule has 0 radical (unpaired) electrons. The van der Waals surface area contributed by atoms with Crippen molar-refractivity contribution in [3.05, 3.63) is 11.6 Å². The van der Waals surface area contributed by atoms with Gasteiger partial charge in [0.2, 0.25) is 0 Å². The molecule has 0 aromatic rings. The number of carbonyl (C=O) groups excluding carboxylic acids is 2. The lowest BCUT2D eigenvalue weighted by Crippen LogP contribution is -2.16. The van der Waals surface area contributed by atoms with E-state index in [2.05, 4.69) is 0 Å². The van der Waals surface area contributed by atoms with Gasteiger partial charge in [-0.15, -0.1) is 0 Å². The van der Waals surface area contributed by atoms with Gasteiger partial charge < -0.3 is 9.84 Å². The third-order valence-corrected chi connectivity index (χ3v) is 1.85. The molecule has 1 atom stereocenters. The second kappa shape index (κ2) is 4.18. The molecule has 1 unspecified atom stereocenters. The summed E-state index contributed by atoms with van der Waals surface area (Å²) in [5, 5.41) is 8.67. The summed E-state index contributed by atoms with van der Waals surface area (Å²) in [6.45, 7) is 1.42. The van der Waals surface area contributed by atoms with Gasteiger partial charge in [-0.2, -0.15) is 0 Å². The standard InChI is InChI=1S/C9H12O4/c1-6(11)4-8-7(2-3-10)5-9(12)13-8/h5,8,10H,2-4H2,1H3. The summed E-state index contributed by atoms with van der Waals surface area (Å²) in [6.07, 6.45) is 1.50. The number of ether oxygens (including phenoxy) is 1. The Balaban J connectivity index is 2.60. The Bertz CT molecular complexity index is 254. The summed E-state index contributed by atoms with van der Waals surface area (Å²) in [7, 11) is 0. The average molecular weight is 184 g/mol. The van der Waals surface area contributed by atoms with E-state index in [-0.39, 0.29) is 18.8 Å². The van der Waals surface area contributed by atoms with E-state index in [4.69, 9.17) is 9.84 Å². The molecule has 4 heteroatoms. The summed E-state index contributed by atoms with van der Waals surface area (Å²) in [4.78, 5) is 21.6. The Morgan fingerprint density at radius 1 is 1.69 bits per heavy atom. The summed E-state index contributed by atoms with van der Waals surface area (Å²) in [5.41, 5.74) is 0.711. The van der Waals surface area contributed by atoms with Gasteiger partial charge in [-0.3, -0.25) is 4.79 Å². The van der Waals surface area contributed by atoms with Crippen LogP contribution in [0, 0.1) is 0 Å². The quantitative estimate of drug-likeness (QED) is 0.634. The zero-order chi connectivity index (χ0) is 9.84. The molecule has 0 saturated heterocycles. The summed E-state index contributed by atoms with van der Waals surface area (Å²) in [5.74, 6) is -0.446. The average Bonchev–Trinajstić information content (AvgIpc) is 2.31. The van der Waals surface area contributed by atoms with Crippen LogP contribution in [-0.2, 0) is 14.3 Å². The Morgan fingerprint density at radius 2 is 2.38 bits per heavy atom. The minimum absolute atomic E-state index is 0.0245. The normalized spacial score (nSPS) is 21.2. The predicted molar refractivity (Wildman–Crippen MR) is 45.0 cm³/mol. The lowest BCUT2D eigenvalue weighted by molar-refractivity contribution is -0.139. The third kappa shape index (κ3) is 2.66. The largest absolute Gasteiger partial charge is 0.454 e. The van der Waals surface area contributed by atoms with Crippen LogP contribution in [0.1, 0.15) is 19.8 Å². The zero-order valence-electron chi connectivity index (χ0n) is 7.45. The molecule has 0 aromatic carbocycles.